The van der Waals surface area contributed by atoms with Gasteiger partial charge < -0.3 is 5.32 Å². The van der Waals surface area contributed by atoms with Crippen molar-refractivity contribution in [3.05, 3.63) is 33.8 Å². The van der Waals surface area contributed by atoms with Gasteiger partial charge in [-0.25, -0.2) is 0 Å². The minimum atomic E-state index is -0.152. The van der Waals surface area contributed by atoms with E-state index in [4.69, 9.17) is 23.2 Å². The van der Waals surface area contributed by atoms with E-state index in [9.17, 15) is 4.79 Å². The van der Waals surface area contributed by atoms with Crippen LogP contribution < -0.4 is 5.32 Å². The second kappa shape index (κ2) is 6.27. The van der Waals surface area contributed by atoms with Crippen LogP contribution in [0.5, 0.6) is 0 Å². The molecule has 1 saturated carbocycles. The predicted molar refractivity (Wildman–Crippen MR) is 78.9 cm³/mol. The van der Waals surface area contributed by atoms with Crippen LogP contribution >= 0.6 is 39.1 Å². The van der Waals surface area contributed by atoms with Gasteiger partial charge in [0.25, 0.3) is 5.91 Å². The summed E-state index contributed by atoms with van der Waals surface area (Å²) >= 11 is 15.4. The molecule has 0 bridgehead atoms. The third-order valence-electron chi connectivity index (χ3n) is 3.20. The quantitative estimate of drug-likeness (QED) is 0.809. The molecule has 1 aliphatic rings. The number of carbonyl (C=O) groups excluding carboxylic acids is 1. The van der Waals surface area contributed by atoms with Crippen LogP contribution in [0.15, 0.2) is 18.2 Å². The first-order valence-corrected chi connectivity index (χ1v) is 7.60. The molecule has 2 atom stereocenters. The average Bonchev–Trinajstić information content (AvgIpc) is 2.75. The number of benzene rings is 1. The molecular formula is C13H14BrCl2NO. The Hall–Kier alpha value is -0.250. The third kappa shape index (κ3) is 3.62. The largest absolute Gasteiger partial charge is 0.352 e. The fourth-order valence-electron chi connectivity index (χ4n) is 2.20. The molecule has 0 spiro atoms. The smallest absolute Gasteiger partial charge is 0.252 e. The highest BCUT2D eigenvalue weighted by Crippen LogP contribution is 2.30. The number of alkyl halides is 1. The minimum Gasteiger partial charge on any atom is -0.352 e. The van der Waals surface area contributed by atoms with Gasteiger partial charge in [-0.1, -0.05) is 39.1 Å². The average molecular weight is 351 g/mol. The third-order valence-corrected chi connectivity index (χ3v) is 4.60. The van der Waals surface area contributed by atoms with Crippen LogP contribution in [0.1, 0.15) is 29.6 Å². The zero-order valence-electron chi connectivity index (χ0n) is 9.76. The summed E-state index contributed by atoms with van der Waals surface area (Å²) in [6.07, 6.45) is 3.45. The van der Waals surface area contributed by atoms with Crippen LogP contribution in [0.2, 0.25) is 10.0 Å². The molecule has 1 aromatic carbocycles. The maximum absolute atomic E-state index is 12.0. The van der Waals surface area contributed by atoms with Crippen molar-refractivity contribution in [2.45, 2.75) is 24.1 Å². The molecule has 18 heavy (non-hydrogen) atoms. The second-order valence-corrected chi connectivity index (χ2v) is 6.75. The molecule has 98 valence electrons. The molecule has 0 saturated heterocycles. The van der Waals surface area contributed by atoms with Crippen LogP contribution in [0.25, 0.3) is 0 Å². The van der Waals surface area contributed by atoms with Gasteiger partial charge in [0, 0.05) is 16.4 Å². The van der Waals surface area contributed by atoms with Gasteiger partial charge in [0.1, 0.15) is 0 Å². The zero-order valence-corrected chi connectivity index (χ0v) is 12.9. The Morgan fingerprint density at radius 3 is 2.83 bits per heavy atom. The second-order valence-electron chi connectivity index (χ2n) is 4.61. The summed E-state index contributed by atoms with van der Waals surface area (Å²) in [6.45, 7) is 0.698. The molecule has 1 aliphatic carbocycles. The zero-order chi connectivity index (χ0) is 13.1. The van der Waals surface area contributed by atoms with Crippen molar-refractivity contribution >= 4 is 45.0 Å². The molecule has 1 fully saturated rings. The summed E-state index contributed by atoms with van der Waals surface area (Å²) < 4.78 is 0. The first-order chi connectivity index (χ1) is 8.56. The first kappa shape index (κ1) is 14.2. The molecule has 0 radical (unpaired) electrons. The number of carbonyl (C=O) groups is 1. The Kier molecular flexibility index (Phi) is 4.93. The Labute approximate surface area is 125 Å². The van der Waals surface area contributed by atoms with Gasteiger partial charge in [-0.3, -0.25) is 4.79 Å². The molecule has 2 nitrogen and oxygen atoms in total. The molecule has 0 heterocycles. The first-order valence-electron chi connectivity index (χ1n) is 5.93. The van der Waals surface area contributed by atoms with E-state index in [1.54, 1.807) is 18.2 Å². The van der Waals surface area contributed by atoms with E-state index >= 15 is 0 Å². The maximum atomic E-state index is 12.0. The van der Waals surface area contributed by atoms with Crippen molar-refractivity contribution < 1.29 is 4.79 Å². The molecular weight excluding hydrogens is 337 g/mol. The van der Waals surface area contributed by atoms with Gasteiger partial charge in [0.05, 0.1) is 10.6 Å². The number of hydrogen-bond donors (Lipinski definition) is 1. The van der Waals surface area contributed by atoms with E-state index in [2.05, 4.69) is 21.2 Å². The number of hydrogen-bond acceptors (Lipinski definition) is 1. The molecule has 5 heteroatoms. The van der Waals surface area contributed by atoms with Crippen molar-refractivity contribution in [2.75, 3.05) is 6.54 Å². The highest BCUT2D eigenvalue weighted by atomic mass is 79.9. The summed E-state index contributed by atoms with van der Waals surface area (Å²) in [6, 6.07) is 4.91. The lowest BCUT2D eigenvalue weighted by Crippen LogP contribution is -2.28. The number of amides is 1. The van der Waals surface area contributed by atoms with Gasteiger partial charge in [0.2, 0.25) is 0 Å². The van der Waals surface area contributed by atoms with Gasteiger partial charge in [-0.05, 0) is 43.4 Å². The standard InChI is InChI=1S/C13H14BrCl2NO/c14-9-2-1-8(5-9)7-17-13(18)11-6-10(15)3-4-12(11)16/h3-4,6,8-9H,1-2,5,7H2,(H,17,18). The summed E-state index contributed by atoms with van der Waals surface area (Å²) in [5.74, 6) is 0.400. The molecule has 2 rings (SSSR count). The lowest BCUT2D eigenvalue weighted by atomic mass is 10.1. The van der Waals surface area contributed by atoms with Crippen LogP contribution in [0.3, 0.4) is 0 Å². The van der Waals surface area contributed by atoms with Gasteiger partial charge in [-0.15, -0.1) is 0 Å². The molecule has 1 aromatic rings. The minimum absolute atomic E-state index is 0.152. The molecule has 1 N–H and O–H groups in total. The highest BCUT2D eigenvalue weighted by molar-refractivity contribution is 9.09. The van der Waals surface area contributed by atoms with Gasteiger partial charge in [-0.2, -0.15) is 0 Å². The van der Waals surface area contributed by atoms with Crippen molar-refractivity contribution in [2.24, 2.45) is 5.92 Å². The topological polar surface area (TPSA) is 29.1 Å². The van der Waals surface area contributed by atoms with E-state index in [0.717, 1.165) is 12.8 Å². The van der Waals surface area contributed by atoms with Crippen LogP contribution in [-0.4, -0.2) is 17.3 Å². The Morgan fingerprint density at radius 1 is 1.39 bits per heavy atom. The van der Waals surface area contributed by atoms with Crippen LogP contribution in [0.4, 0.5) is 0 Å². The SMILES string of the molecule is O=C(NCC1CCC(Br)C1)c1cc(Cl)ccc1Cl. The summed E-state index contributed by atoms with van der Waals surface area (Å²) in [7, 11) is 0. The van der Waals surface area contributed by atoms with E-state index in [-0.39, 0.29) is 5.91 Å². The number of nitrogens with one attached hydrogen (secondary N) is 1. The monoisotopic (exact) mass is 349 g/mol. The van der Waals surface area contributed by atoms with E-state index < -0.39 is 0 Å². The lowest BCUT2D eigenvalue weighted by molar-refractivity contribution is 0.0947. The van der Waals surface area contributed by atoms with Gasteiger partial charge >= 0.3 is 0 Å². The molecule has 0 aliphatic heterocycles. The van der Waals surface area contributed by atoms with Crippen LogP contribution in [0, 0.1) is 5.92 Å². The lowest BCUT2D eigenvalue weighted by Gasteiger charge is -2.11. The van der Waals surface area contributed by atoms with E-state index in [0.29, 0.717) is 32.9 Å². The number of halogens is 3. The van der Waals surface area contributed by atoms with Crippen molar-refractivity contribution in [3.8, 4) is 0 Å². The normalized spacial score (nSPS) is 23.1. The van der Waals surface area contributed by atoms with Crippen LogP contribution in [-0.2, 0) is 0 Å². The van der Waals surface area contributed by atoms with Crippen molar-refractivity contribution in [1.29, 1.82) is 0 Å². The summed E-state index contributed by atoms with van der Waals surface area (Å²) in [5.41, 5.74) is 0.442. The fourth-order valence-corrected chi connectivity index (χ4v) is 3.37. The Balaban J connectivity index is 1.93. The highest BCUT2D eigenvalue weighted by Gasteiger charge is 2.23. The van der Waals surface area contributed by atoms with E-state index in [1.165, 1.54) is 6.42 Å². The molecule has 2 unspecified atom stereocenters. The molecule has 1 amide bonds. The maximum Gasteiger partial charge on any atom is 0.252 e. The Morgan fingerprint density at radius 2 is 2.17 bits per heavy atom. The fraction of sp³-hybridized carbons (Fsp3) is 0.462. The Bertz CT molecular complexity index is 453. The summed E-state index contributed by atoms with van der Waals surface area (Å²) in [5, 5.41) is 3.88. The molecule has 0 aromatic heterocycles. The van der Waals surface area contributed by atoms with E-state index in [1.807, 2.05) is 0 Å². The van der Waals surface area contributed by atoms with Crippen molar-refractivity contribution in [3.63, 3.8) is 0 Å². The number of rotatable bonds is 3. The summed E-state index contributed by atoms with van der Waals surface area (Å²) in [4.78, 5) is 12.6. The predicted octanol–water partition coefficient (Wildman–Crippen LogP) is 4.29. The van der Waals surface area contributed by atoms with Crippen molar-refractivity contribution in [1.82, 2.24) is 5.32 Å². The van der Waals surface area contributed by atoms with Gasteiger partial charge in [0.15, 0.2) is 0 Å².